The van der Waals surface area contributed by atoms with Crippen LogP contribution in [-0.4, -0.2) is 43.0 Å². The lowest BCUT2D eigenvalue weighted by atomic mass is 10.0. The minimum atomic E-state index is 0.418. The molecule has 1 heterocycles. The molecule has 1 aliphatic heterocycles. The molecular weight excluding hydrogens is 294 g/mol. The van der Waals surface area contributed by atoms with Crippen LogP contribution in [0.2, 0.25) is 0 Å². The van der Waals surface area contributed by atoms with Gasteiger partial charge >= 0.3 is 0 Å². The topological polar surface area (TPSA) is 18.5 Å². The zero-order valence-electron chi connectivity index (χ0n) is 15.1. The lowest BCUT2D eigenvalue weighted by molar-refractivity contribution is 0.156. The van der Waals surface area contributed by atoms with E-state index >= 15 is 0 Å². The van der Waals surface area contributed by atoms with Crippen molar-refractivity contribution in [3.8, 4) is 0 Å². The number of para-hydroxylation sites is 1. The summed E-state index contributed by atoms with van der Waals surface area (Å²) in [5.74, 6) is 0. The van der Waals surface area contributed by atoms with Crippen LogP contribution < -0.4 is 5.32 Å². The molecule has 3 nitrogen and oxygen atoms in total. The largest absolute Gasteiger partial charge is 0.383 e. The van der Waals surface area contributed by atoms with E-state index in [0.29, 0.717) is 12.1 Å². The molecule has 0 aromatic heterocycles. The molecule has 128 valence electrons. The van der Waals surface area contributed by atoms with Crippen LogP contribution in [-0.2, 0) is 0 Å². The second-order valence-corrected chi connectivity index (χ2v) is 6.56. The molecule has 2 atom stereocenters. The maximum absolute atomic E-state index is 3.60. The molecule has 0 saturated carbocycles. The SMILES string of the molecule is CCN(CC)C[C@H]1c2ccccc2[C@@H](CNc2ccccc2)N1C. The van der Waals surface area contributed by atoms with Crippen LogP contribution in [0.15, 0.2) is 54.6 Å². The second-order valence-electron chi connectivity index (χ2n) is 6.56. The van der Waals surface area contributed by atoms with E-state index < -0.39 is 0 Å². The maximum atomic E-state index is 3.60. The Balaban J connectivity index is 1.78. The van der Waals surface area contributed by atoms with Crippen LogP contribution in [0, 0.1) is 0 Å². The Hall–Kier alpha value is -1.84. The molecule has 24 heavy (non-hydrogen) atoms. The number of nitrogens with one attached hydrogen (secondary N) is 1. The monoisotopic (exact) mass is 323 g/mol. The Labute approximate surface area is 146 Å². The van der Waals surface area contributed by atoms with E-state index in [2.05, 4.69) is 90.6 Å². The maximum Gasteiger partial charge on any atom is 0.0527 e. The van der Waals surface area contributed by atoms with E-state index in [4.69, 9.17) is 0 Å². The van der Waals surface area contributed by atoms with Gasteiger partial charge in [0.05, 0.1) is 6.04 Å². The summed E-state index contributed by atoms with van der Waals surface area (Å²) < 4.78 is 0. The fourth-order valence-electron chi connectivity index (χ4n) is 3.75. The number of hydrogen-bond acceptors (Lipinski definition) is 3. The van der Waals surface area contributed by atoms with Crippen molar-refractivity contribution in [2.45, 2.75) is 25.9 Å². The highest BCUT2D eigenvalue weighted by atomic mass is 15.2. The number of nitrogens with zero attached hydrogens (tertiary/aromatic N) is 2. The van der Waals surface area contributed by atoms with Gasteiger partial charge in [0.15, 0.2) is 0 Å². The van der Waals surface area contributed by atoms with Gasteiger partial charge in [-0.15, -0.1) is 0 Å². The highest BCUT2D eigenvalue weighted by Crippen LogP contribution is 2.41. The van der Waals surface area contributed by atoms with E-state index in [1.54, 1.807) is 0 Å². The van der Waals surface area contributed by atoms with Crippen LogP contribution in [0.25, 0.3) is 0 Å². The second kappa shape index (κ2) is 7.82. The fourth-order valence-corrected chi connectivity index (χ4v) is 3.75. The van der Waals surface area contributed by atoms with Crippen LogP contribution in [0.1, 0.15) is 37.1 Å². The van der Waals surface area contributed by atoms with Crippen LogP contribution in [0.5, 0.6) is 0 Å². The quantitative estimate of drug-likeness (QED) is 0.825. The number of likely N-dealkylation sites (N-methyl/N-ethyl adjacent to an activating group) is 2. The van der Waals surface area contributed by atoms with Crippen molar-refractivity contribution < 1.29 is 0 Å². The third-order valence-electron chi connectivity index (χ3n) is 5.30. The van der Waals surface area contributed by atoms with Crippen molar-refractivity contribution in [3.63, 3.8) is 0 Å². The third kappa shape index (κ3) is 3.47. The Bertz CT molecular complexity index is 637. The van der Waals surface area contributed by atoms with Gasteiger partial charge in [0, 0.05) is 24.8 Å². The standard InChI is InChI=1S/C21H29N3/c1-4-24(5-2)16-21-19-14-10-9-13-18(19)20(23(21)3)15-22-17-11-7-6-8-12-17/h6-14,20-22H,4-5,15-16H2,1-3H3/t20-,21+/m1/s1. The Morgan fingerprint density at radius 3 is 2.08 bits per heavy atom. The molecule has 3 heteroatoms. The fraction of sp³-hybridized carbons (Fsp3) is 0.429. The molecular formula is C21H29N3. The van der Waals surface area contributed by atoms with Gasteiger partial charge in [-0.3, -0.25) is 4.90 Å². The average Bonchev–Trinajstić information content (AvgIpc) is 2.90. The predicted octanol–water partition coefficient (Wildman–Crippen LogP) is 4.17. The van der Waals surface area contributed by atoms with E-state index in [1.807, 2.05) is 0 Å². The molecule has 0 fully saturated rings. The lowest BCUT2D eigenvalue weighted by Crippen LogP contribution is -2.35. The van der Waals surface area contributed by atoms with Crippen molar-refractivity contribution >= 4 is 5.69 Å². The van der Waals surface area contributed by atoms with Crippen LogP contribution >= 0.6 is 0 Å². The highest BCUT2D eigenvalue weighted by Gasteiger charge is 2.35. The molecule has 0 radical (unpaired) electrons. The van der Waals surface area contributed by atoms with Crippen molar-refractivity contribution in [1.29, 1.82) is 0 Å². The normalized spacial score (nSPS) is 20.3. The number of anilines is 1. The van der Waals surface area contributed by atoms with Gasteiger partial charge in [-0.2, -0.15) is 0 Å². The Kier molecular flexibility index (Phi) is 5.54. The average molecular weight is 323 g/mol. The highest BCUT2D eigenvalue weighted by molar-refractivity contribution is 5.44. The van der Waals surface area contributed by atoms with Gasteiger partial charge in [-0.25, -0.2) is 0 Å². The van der Waals surface area contributed by atoms with Gasteiger partial charge in [0.2, 0.25) is 0 Å². The molecule has 0 saturated heterocycles. The summed E-state index contributed by atoms with van der Waals surface area (Å²) in [4.78, 5) is 5.06. The minimum absolute atomic E-state index is 0.418. The molecule has 0 bridgehead atoms. The Morgan fingerprint density at radius 2 is 1.46 bits per heavy atom. The van der Waals surface area contributed by atoms with E-state index in [0.717, 1.165) is 26.2 Å². The summed E-state index contributed by atoms with van der Waals surface area (Å²) in [6.45, 7) is 8.75. The lowest BCUT2D eigenvalue weighted by Gasteiger charge is -2.30. The zero-order chi connectivity index (χ0) is 16.9. The molecule has 2 aromatic rings. The van der Waals surface area contributed by atoms with Crippen molar-refractivity contribution in [2.75, 3.05) is 38.5 Å². The molecule has 3 rings (SSSR count). The number of benzene rings is 2. The number of rotatable bonds is 7. The van der Waals surface area contributed by atoms with Gasteiger partial charge in [-0.1, -0.05) is 56.3 Å². The number of hydrogen-bond donors (Lipinski definition) is 1. The van der Waals surface area contributed by atoms with E-state index in [-0.39, 0.29) is 0 Å². The summed E-state index contributed by atoms with van der Waals surface area (Å²) in [5, 5.41) is 3.60. The van der Waals surface area contributed by atoms with E-state index in [1.165, 1.54) is 16.8 Å². The van der Waals surface area contributed by atoms with Gasteiger partial charge < -0.3 is 10.2 Å². The predicted molar refractivity (Wildman–Crippen MR) is 102 cm³/mol. The van der Waals surface area contributed by atoms with Crippen molar-refractivity contribution in [1.82, 2.24) is 9.80 Å². The summed E-state index contributed by atoms with van der Waals surface area (Å²) in [7, 11) is 2.27. The number of fused-ring (bicyclic) bond motifs is 1. The Morgan fingerprint density at radius 1 is 0.875 bits per heavy atom. The molecule has 0 amide bonds. The molecule has 2 aromatic carbocycles. The minimum Gasteiger partial charge on any atom is -0.383 e. The first kappa shape index (κ1) is 17.0. The molecule has 1 aliphatic rings. The molecule has 1 N–H and O–H groups in total. The van der Waals surface area contributed by atoms with Crippen LogP contribution in [0.3, 0.4) is 0 Å². The molecule has 0 aliphatic carbocycles. The summed E-state index contributed by atoms with van der Waals surface area (Å²) in [5.41, 5.74) is 4.16. The van der Waals surface area contributed by atoms with Crippen molar-refractivity contribution in [2.24, 2.45) is 0 Å². The summed E-state index contributed by atoms with van der Waals surface area (Å²) in [6.07, 6.45) is 0. The third-order valence-corrected chi connectivity index (χ3v) is 5.30. The first-order valence-electron chi connectivity index (χ1n) is 9.06. The van der Waals surface area contributed by atoms with Crippen molar-refractivity contribution in [3.05, 3.63) is 65.7 Å². The zero-order valence-corrected chi connectivity index (χ0v) is 15.1. The van der Waals surface area contributed by atoms with Gasteiger partial charge in [-0.05, 0) is 43.4 Å². The van der Waals surface area contributed by atoms with E-state index in [9.17, 15) is 0 Å². The van der Waals surface area contributed by atoms with Gasteiger partial charge in [0.25, 0.3) is 0 Å². The van der Waals surface area contributed by atoms with Gasteiger partial charge in [0.1, 0.15) is 0 Å². The van der Waals surface area contributed by atoms with Crippen LogP contribution in [0.4, 0.5) is 5.69 Å². The summed E-state index contributed by atoms with van der Waals surface area (Å²) >= 11 is 0. The molecule has 0 spiro atoms. The molecule has 0 unspecified atom stereocenters. The summed E-state index contributed by atoms with van der Waals surface area (Å²) in [6, 6.07) is 20.3. The first-order chi connectivity index (χ1) is 11.7. The first-order valence-corrected chi connectivity index (χ1v) is 9.06. The smallest absolute Gasteiger partial charge is 0.0527 e.